The number of nitrogens with zero attached hydrogens (tertiary/aromatic N) is 1. The smallest absolute Gasteiger partial charge is 0.213 e. The molecule has 1 aliphatic carbocycles. The third kappa shape index (κ3) is 6.03. The van der Waals surface area contributed by atoms with Gasteiger partial charge in [0.1, 0.15) is 6.61 Å². The summed E-state index contributed by atoms with van der Waals surface area (Å²) >= 11 is 0. The predicted molar refractivity (Wildman–Crippen MR) is 75.3 cm³/mol. The molecule has 1 aliphatic rings. The van der Waals surface area contributed by atoms with E-state index in [1.807, 2.05) is 12.1 Å². The largest absolute Gasteiger partial charge is 0.475 e. The van der Waals surface area contributed by atoms with Crippen LogP contribution in [0.1, 0.15) is 38.2 Å². The lowest BCUT2D eigenvalue weighted by atomic mass is 10.2. The van der Waals surface area contributed by atoms with Crippen LogP contribution in [0.2, 0.25) is 0 Å². The van der Waals surface area contributed by atoms with Crippen LogP contribution in [0, 0.1) is 0 Å². The molecule has 1 saturated carbocycles. The van der Waals surface area contributed by atoms with Crippen LogP contribution in [0.15, 0.2) is 18.3 Å². The van der Waals surface area contributed by atoms with Crippen LogP contribution in [0.5, 0.6) is 5.88 Å². The molecule has 0 amide bonds. The number of nitrogens with one attached hydrogen (secondary N) is 1. The van der Waals surface area contributed by atoms with Crippen molar-refractivity contribution in [3.8, 4) is 5.88 Å². The first-order valence-electron chi connectivity index (χ1n) is 7.27. The Kier molecular flexibility index (Phi) is 6.11. The normalized spacial score (nSPS) is 14.6. The van der Waals surface area contributed by atoms with Gasteiger partial charge in [0.05, 0.1) is 6.61 Å². The van der Waals surface area contributed by atoms with Crippen molar-refractivity contribution >= 4 is 0 Å². The number of hydrogen-bond acceptors (Lipinski definition) is 4. The maximum absolute atomic E-state index is 5.59. The molecule has 0 unspecified atom stereocenters. The summed E-state index contributed by atoms with van der Waals surface area (Å²) < 4.78 is 11.0. The zero-order valence-electron chi connectivity index (χ0n) is 11.7. The highest BCUT2D eigenvalue weighted by molar-refractivity contribution is 5.20. The standard InChI is InChI=1S/C15H24N2O2/c1-2-3-8-18-9-10-19-15-11-13(6-7-16-15)12-17-14-4-5-14/h6-7,11,14,17H,2-5,8-10,12H2,1H3. The molecule has 0 spiro atoms. The molecule has 0 atom stereocenters. The van der Waals surface area contributed by atoms with E-state index in [0.29, 0.717) is 19.1 Å². The molecule has 0 aromatic carbocycles. The predicted octanol–water partition coefficient (Wildman–Crippen LogP) is 2.53. The summed E-state index contributed by atoms with van der Waals surface area (Å²) in [6, 6.07) is 4.76. The van der Waals surface area contributed by atoms with E-state index in [-0.39, 0.29) is 0 Å². The fraction of sp³-hybridized carbons (Fsp3) is 0.667. The number of hydrogen-bond donors (Lipinski definition) is 1. The number of aromatic nitrogens is 1. The van der Waals surface area contributed by atoms with Crippen LogP contribution in [-0.4, -0.2) is 30.8 Å². The van der Waals surface area contributed by atoms with Gasteiger partial charge in [-0.2, -0.15) is 0 Å². The summed E-state index contributed by atoms with van der Waals surface area (Å²) in [5.41, 5.74) is 1.23. The Morgan fingerprint density at radius 3 is 3.00 bits per heavy atom. The second-order valence-corrected chi connectivity index (χ2v) is 4.97. The van der Waals surface area contributed by atoms with Crippen LogP contribution in [0.25, 0.3) is 0 Å². The van der Waals surface area contributed by atoms with Crippen LogP contribution < -0.4 is 10.1 Å². The Morgan fingerprint density at radius 2 is 2.21 bits per heavy atom. The van der Waals surface area contributed by atoms with E-state index in [2.05, 4.69) is 17.2 Å². The SMILES string of the molecule is CCCCOCCOc1cc(CNC2CC2)ccn1. The molecular formula is C15H24N2O2. The van der Waals surface area contributed by atoms with Gasteiger partial charge in [0, 0.05) is 31.5 Å². The van der Waals surface area contributed by atoms with Crippen LogP contribution in [0.4, 0.5) is 0 Å². The zero-order chi connectivity index (χ0) is 13.3. The monoisotopic (exact) mass is 264 g/mol. The first-order valence-corrected chi connectivity index (χ1v) is 7.27. The van der Waals surface area contributed by atoms with Crippen molar-refractivity contribution in [2.75, 3.05) is 19.8 Å². The minimum atomic E-state index is 0.566. The van der Waals surface area contributed by atoms with E-state index >= 15 is 0 Å². The maximum atomic E-state index is 5.59. The quantitative estimate of drug-likeness (QED) is 0.659. The van der Waals surface area contributed by atoms with E-state index in [0.717, 1.165) is 25.6 Å². The molecule has 0 bridgehead atoms. The first kappa shape index (κ1) is 14.3. The van der Waals surface area contributed by atoms with Crippen LogP contribution >= 0.6 is 0 Å². The number of ether oxygens (including phenoxy) is 2. The van der Waals surface area contributed by atoms with Gasteiger partial charge in [-0.05, 0) is 30.9 Å². The molecular weight excluding hydrogens is 240 g/mol. The molecule has 2 rings (SSSR count). The number of pyridine rings is 1. The molecule has 1 N–H and O–H groups in total. The summed E-state index contributed by atoms with van der Waals surface area (Å²) in [4.78, 5) is 4.21. The van der Waals surface area contributed by atoms with Crippen molar-refractivity contribution < 1.29 is 9.47 Å². The lowest BCUT2D eigenvalue weighted by molar-refractivity contribution is 0.0965. The van der Waals surface area contributed by atoms with E-state index in [4.69, 9.17) is 9.47 Å². The Bertz CT molecular complexity index is 367. The van der Waals surface area contributed by atoms with Gasteiger partial charge < -0.3 is 14.8 Å². The highest BCUT2D eigenvalue weighted by Crippen LogP contribution is 2.19. The van der Waals surface area contributed by atoms with Crippen molar-refractivity contribution in [1.82, 2.24) is 10.3 Å². The van der Waals surface area contributed by atoms with Gasteiger partial charge in [-0.25, -0.2) is 4.98 Å². The highest BCUT2D eigenvalue weighted by atomic mass is 16.5. The van der Waals surface area contributed by atoms with E-state index in [1.54, 1.807) is 6.20 Å². The molecule has 106 valence electrons. The van der Waals surface area contributed by atoms with E-state index in [9.17, 15) is 0 Å². The molecule has 19 heavy (non-hydrogen) atoms. The number of unbranched alkanes of at least 4 members (excludes halogenated alkanes) is 1. The average molecular weight is 264 g/mol. The second-order valence-electron chi connectivity index (χ2n) is 4.97. The molecule has 1 fully saturated rings. The molecule has 4 heteroatoms. The van der Waals surface area contributed by atoms with Gasteiger partial charge >= 0.3 is 0 Å². The van der Waals surface area contributed by atoms with Gasteiger partial charge in [-0.1, -0.05) is 13.3 Å². The van der Waals surface area contributed by atoms with Crippen molar-refractivity contribution in [3.63, 3.8) is 0 Å². The van der Waals surface area contributed by atoms with E-state index in [1.165, 1.54) is 24.8 Å². The molecule has 0 saturated heterocycles. The van der Waals surface area contributed by atoms with E-state index < -0.39 is 0 Å². The maximum Gasteiger partial charge on any atom is 0.213 e. The van der Waals surface area contributed by atoms with Crippen molar-refractivity contribution in [1.29, 1.82) is 0 Å². The van der Waals surface area contributed by atoms with Crippen LogP contribution in [0.3, 0.4) is 0 Å². The second kappa shape index (κ2) is 8.12. The van der Waals surface area contributed by atoms with Crippen molar-refractivity contribution in [3.05, 3.63) is 23.9 Å². The van der Waals surface area contributed by atoms with Gasteiger partial charge in [0.15, 0.2) is 0 Å². The van der Waals surface area contributed by atoms with Gasteiger partial charge in [0.25, 0.3) is 0 Å². The summed E-state index contributed by atoms with van der Waals surface area (Å²) in [6.45, 7) is 5.07. The topological polar surface area (TPSA) is 43.4 Å². The van der Waals surface area contributed by atoms with Gasteiger partial charge in [0.2, 0.25) is 5.88 Å². The van der Waals surface area contributed by atoms with Gasteiger partial charge in [-0.15, -0.1) is 0 Å². The molecule has 1 heterocycles. The Labute approximate surface area is 115 Å². The summed E-state index contributed by atoms with van der Waals surface area (Å²) in [6.07, 6.45) is 6.70. The first-order chi connectivity index (χ1) is 9.38. The lowest BCUT2D eigenvalue weighted by Gasteiger charge is -2.08. The molecule has 0 radical (unpaired) electrons. The number of rotatable bonds is 10. The zero-order valence-corrected chi connectivity index (χ0v) is 11.7. The van der Waals surface area contributed by atoms with Crippen molar-refractivity contribution in [2.24, 2.45) is 0 Å². The Balaban J connectivity index is 1.63. The summed E-state index contributed by atoms with van der Waals surface area (Å²) in [5, 5.41) is 3.48. The molecule has 4 nitrogen and oxygen atoms in total. The van der Waals surface area contributed by atoms with Gasteiger partial charge in [-0.3, -0.25) is 0 Å². The molecule has 1 aromatic heterocycles. The van der Waals surface area contributed by atoms with Crippen LogP contribution in [-0.2, 0) is 11.3 Å². The third-order valence-electron chi connectivity index (χ3n) is 3.09. The third-order valence-corrected chi connectivity index (χ3v) is 3.09. The lowest BCUT2D eigenvalue weighted by Crippen LogP contribution is -2.15. The molecule has 0 aliphatic heterocycles. The highest BCUT2D eigenvalue weighted by Gasteiger charge is 2.19. The molecule has 1 aromatic rings. The summed E-state index contributed by atoms with van der Waals surface area (Å²) in [7, 11) is 0. The minimum Gasteiger partial charge on any atom is -0.475 e. The average Bonchev–Trinajstić information content (AvgIpc) is 3.25. The minimum absolute atomic E-state index is 0.566. The van der Waals surface area contributed by atoms with Crippen molar-refractivity contribution in [2.45, 2.75) is 45.2 Å². The summed E-state index contributed by atoms with van der Waals surface area (Å²) in [5.74, 6) is 0.689. The Hall–Kier alpha value is -1.13. The Morgan fingerprint density at radius 1 is 1.32 bits per heavy atom. The fourth-order valence-corrected chi connectivity index (χ4v) is 1.74. The fourth-order valence-electron chi connectivity index (χ4n) is 1.74.